The van der Waals surface area contributed by atoms with Crippen molar-refractivity contribution in [3.63, 3.8) is 0 Å². The fourth-order valence-corrected chi connectivity index (χ4v) is 2.59. The molecule has 3 rings (SSSR count). The van der Waals surface area contributed by atoms with Crippen LogP contribution in [-0.2, 0) is 0 Å². The minimum atomic E-state index is -0.570. The van der Waals surface area contributed by atoms with E-state index < -0.39 is 11.6 Å². The van der Waals surface area contributed by atoms with E-state index in [2.05, 4.69) is 18.8 Å². The fourth-order valence-electron chi connectivity index (χ4n) is 2.59. The maximum absolute atomic E-state index is 12.1. The summed E-state index contributed by atoms with van der Waals surface area (Å²) in [7, 11) is 0. The molecule has 0 saturated carbocycles. The molecule has 20 heavy (non-hydrogen) atoms. The summed E-state index contributed by atoms with van der Waals surface area (Å²) in [5.41, 5.74) is 1.23. The summed E-state index contributed by atoms with van der Waals surface area (Å²) in [4.78, 5) is 28.5. The van der Waals surface area contributed by atoms with Gasteiger partial charge in [0.05, 0.1) is 0 Å². The molecule has 0 bridgehead atoms. The van der Waals surface area contributed by atoms with Gasteiger partial charge in [0, 0.05) is 17.0 Å². The van der Waals surface area contributed by atoms with Gasteiger partial charge in [-0.3, -0.25) is 9.59 Å². The van der Waals surface area contributed by atoms with Crippen molar-refractivity contribution in [3.8, 4) is 11.3 Å². The molecule has 2 aromatic rings. The average Bonchev–Trinajstić information content (AvgIpc) is 2.91. The second-order valence-electron chi connectivity index (χ2n) is 4.95. The fraction of sp³-hybridized carbons (Fsp3) is 0.312. The summed E-state index contributed by atoms with van der Waals surface area (Å²) in [5, 5.41) is 0. The minimum absolute atomic E-state index is 0.163. The van der Waals surface area contributed by atoms with Crippen LogP contribution in [0.2, 0.25) is 0 Å². The molecule has 1 aliphatic carbocycles. The topological polar surface area (TPSA) is 60.2 Å². The number of carbonyl (C=O) groups excluding carboxylic acids is 2. The van der Waals surface area contributed by atoms with Crippen LogP contribution >= 0.6 is 0 Å². The Kier molecular flexibility index (Phi) is 3.01. The number of aromatic nitrogens is 1. The lowest BCUT2D eigenvalue weighted by Crippen LogP contribution is -2.20. The smallest absolute Gasteiger partial charge is 0.255 e. The lowest BCUT2D eigenvalue weighted by Gasteiger charge is -2.10. The van der Waals surface area contributed by atoms with Gasteiger partial charge in [-0.05, 0) is 12.8 Å². The van der Waals surface area contributed by atoms with Crippen molar-refractivity contribution in [1.82, 2.24) is 4.98 Å². The number of nitrogens with zero attached hydrogens (tertiary/aromatic N) is 1. The van der Waals surface area contributed by atoms with Crippen LogP contribution in [-0.4, -0.2) is 16.6 Å². The molecule has 0 amide bonds. The van der Waals surface area contributed by atoms with Gasteiger partial charge in [-0.25, -0.2) is 4.98 Å². The molecule has 0 atom stereocenters. The van der Waals surface area contributed by atoms with Crippen molar-refractivity contribution in [3.05, 3.63) is 41.4 Å². The molecule has 4 nitrogen and oxygen atoms in total. The molecular formula is C16H15NO3. The van der Waals surface area contributed by atoms with Crippen LogP contribution in [0.5, 0.6) is 0 Å². The molecule has 102 valence electrons. The maximum Gasteiger partial charge on any atom is 0.255 e. The Morgan fingerprint density at radius 2 is 1.70 bits per heavy atom. The zero-order valence-electron chi connectivity index (χ0n) is 11.5. The molecule has 0 spiro atoms. The predicted octanol–water partition coefficient (Wildman–Crippen LogP) is 3.62. The Morgan fingerprint density at radius 1 is 1.05 bits per heavy atom. The first-order chi connectivity index (χ1) is 9.67. The summed E-state index contributed by atoms with van der Waals surface area (Å²) < 4.78 is 5.81. The van der Waals surface area contributed by atoms with Gasteiger partial charge in [0.2, 0.25) is 5.78 Å². The van der Waals surface area contributed by atoms with E-state index in [1.807, 2.05) is 6.07 Å². The number of ketones is 2. The van der Waals surface area contributed by atoms with Gasteiger partial charge in [0.1, 0.15) is 0 Å². The van der Waals surface area contributed by atoms with E-state index in [9.17, 15) is 9.59 Å². The first-order valence-corrected chi connectivity index (χ1v) is 6.86. The highest BCUT2D eigenvalue weighted by atomic mass is 16.4. The van der Waals surface area contributed by atoms with Gasteiger partial charge in [0.15, 0.2) is 17.3 Å². The van der Waals surface area contributed by atoms with E-state index in [0.717, 1.165) is 12.8 Å². The summed E-state index contributed by atoms with van der Waals surface area (Å²) in [6.07, 6.45) is 1.78. The number of rotatable bonds is 3. The lowest BCUT2D eigenvalue weighted by atomic mass is 9.91. The van der Waals surface area contributed by atoms with Crippen molar-refractivity contribution in [1.29, 1.82) is 0 Å². The van der Waals surface area contributed by atoms with Gasteiger partial charge in [-0.1, -0.05) is 38.1 Å². The number of benzene rings is 1. The Bertz CT molecular complexity index is 695. The number of hydrogen-bond acceptors (Lipinski definition) is 4. The summed E-state index contributed by atoms with van der Waals surface area (Å²) in [6, 6.07) is 7.01. The molecule has 4 heteroatoms. The standard InChI is InChI=1S/C16H15NO3/c1-3-9(4-2)16-17-12-14(19)13(18)10-7-5-6-8-11(10)15(12)20-16/h5-9H,3-4H2,1-2H3. The van der Waals surface area contributed by atoms with E-state index in [0.29, 0.717) is 22.8 Å². The molecule has 1 aromatic carbocycles. The Balaban J connectivity index is 2.20. The third-order valence-corrected chi connectivity index (χ3v) is 3.82. The van der Waals surface area contributed by atoms with E-state index >= 15 is 0 Å². The van der Waals surface area contributed by atoms with Crippen LogP contribution in [0.25, 0.3) is 11.3 Å². The largest absolute Gasteiger partial charge is 0.440 e. The first-order valence-electron chi connectivity index (χ1n) is 6.86. The monoisotopic (exact) mass is 269 g/mol. The van der Waals surface area contributed by atoms with Crippen LogP contribution < -0.4 is 0 Å². The Morgan fingerprint density at radius 3 is 2.35 bits per heavy atom. The van der Waals surface area contributed by atoms with Crippen molar-refractivity contribution >= 4 is 11.6 Å². The lowest BCUT2D eigenvalue weighted by molar-refractivity contribution is 0.0812. The van der Waals surface area contributed by atoms with Crippen LogP contribution in [0.15, 0.2) is 28.7 Å². The number of Topliss-reactive ketones (excluding diaryl/α,β-unsaturated/α-hetero) is 2. The molecule has 0 saturated heterocycles. The third-order valence-electron chi connectivity index (χ3n) is 3.82. The van der Waals surface area contributed by atoms with E-state index in [-0.39, 0.29) is 11.6 Å². The van der Waals surface area contributed by atoms with Crippen LogP contribution in [0.3, 0.4) is 0 Å². The molecule has 0 aliphatic heterocycles. The van der Waals surface area contributed by atoms with E-state index in [4.69, 9.17) is 4.42 Å². The van der Waals surface area contributed by atoms with Gasteiger partial charge < -0.3 is 4.42 Å². The maximum atomic E-state index is 12.1. The predicted molar refractivity (Wildman–Crippen MR) is 73.9 cm³/mol. The normalized spacial score (nSPS) is 13.6. The third kappa shape index (κ3) is 1.72. The molecular weight excluding hydrogens is 254 g/mol. The molecule has 1 aliphatic rings. The van der Waals surface area contributed by atoms with Crippen molar-refractivity contribution < 1.29 is 14.0 Å². The van der Waals surface area contributed by atoms with E-state index in [1.165, 1.54) is 0 Å². The summed E-state index contributed by atoms with van der Waals surface area (Å²) in [6.45, 7) is 4.11. The number of hydrogen-bond donors (Lipinski definition) is 0. The molecule has 0 radical (unpaired) electrons. The highest BCUT2D eigenvalue weighted by Crippen LogP contribution is 2.36. The van der Waals surface area contributed by atoms with Gasteiger partial charge >= 0.3 is 0 Å². The zero-order valence-corrected chi connectivity index (χ0v) is 11.5. The highest BCUT2D eigenvalue weighted by Gasteiger charge is 2.35. The quantitative estimate of drug-likeness (QED) is 0.798. The number of carbonyl (C=O) groups is 2. The second-order valence-corrected chi connectivity index (χ2v) is 4.95. The summed E-state index contributed by atoms with van der Waals surface area (Å²) in [5.74, 6) is 0.0952. The van der Waals surface area contributed by atoms with E-state index in [1.54, 1.807) is 18.2 Å². The first kappa shape index (κ1) is 12.8. The zero-order chi connectivity index (χ0) is 14.3. The molecule has 1 heterocycles. The van der Waals surface area contributed by atoms with Crippen molar-refractivity contribution in [2.24, 2.45) is 0 Å². The van der Waals surface area contributed by atoms with Crippen LogP contribution in [0.4, 0.5) is 0 Å². The summed E-state index contributed by atoms with van der Waals surface area (Å²) >= 11 is 0. The van der Waals surface area contributed by atoms with Gasteiger partial charge in [-0.15, -0.1) is 0 Å². The minimum Gasteiger partial charge on any atom is -0.440 e. The van der Waals surface area contributed by atoms with Crippen molar-refractivity contribution in [2.75, 3.05) is 0 Å². The van der Waals surface area contributed by atoms with Crippen molar-refractivity contribution in [2.45, 2.75) is 32.6 Å². The second kappa shape index (κ2) is 4.71. The van der Waals surface area contributed by atoms with Crippen LogP contribution in [0, 0.1) is 0 Å². The molecule has 0 unspecified atom stereocenters. The van der Waals surface area contributed by atoms with Crippen LogP contribution in [0.1, 0.15) is 59.3 Å². The number of fused-ring (bicyclic) bond motifs is 3. The molecule has 1 aromatic heterocycles. The SMILES string of the molecule is CCC(CC)c1nc2c(o1)-c1ccccc1C(=O)C2=O. The highest BCUT2D eigenvalue weighted by molar-refractivity contribution is 6.52. The Hall–Kier alpha value is -2.23. The number of oxazole rings is 1. The van der Waals surface area contributed by atoms with Gasteiger partial charge in [0.25, 0.3) is 5.78 Å². The molecule has 0 N–H and O–H groups in total. The van der Waals surface area contributed by atoms with Gasteiger partial charge in [-0.2, -0.15) is 0 Å². The Labute approximate surface area is 116 Å². The average molecular weight is 269 g/mol. The molecule has 0 fully saturated rings.